The minimum absolute atomic E-state index is 0.286. The molecule has 4 nitrogen and oxygen atoms in total. The minimum Gasteiger partial charge on any atom is -0.411 e. The van der Waals surface area contributed by atoms with E-state index < -0.39 is 5.60 Å². The van der Waals surface area contributed by atoms with Gasteiger partial charge in [0.25, 0.3) is 0 Å². The number of fused-ring (bicyclic) bond motifs is 2. The zero-order chi connectivity index (χ0) is 16.0. The average Bonchev–Trinajstić information content (AvgIpc) is 3.17. The van der Waals surface area contributed by atoms with Crippen LogP contribution in [0.25, 0.3) is 0 Å². The lowest BCUT2D eigenvalue weighted by molar-refractivity contribution is -0.0338. The molecule has 1 heterocycles. The van der Waals surface area contributed by atoms with E-state index in [1.807, 2.05) is 24.3 Å². The zero-order valence-electron chi connectivity index (χ0n) is 13.2. The summed E-state index contributed by atoms with van der Waals surface area (Å²) in [5.74, 6) is 1.11. The van der Waals surface area contributed by atoms with Crippen LogP contribution in [0.5, 0.6) is 0 Å². The van der Waals surface area contributed by atoms with E-state index >= 15 is 0 Å². The Morgan fingerprint density at radius 1 is 1.13 bits per heavy atom. The first-order valence-electron chi connectivity index (χ1n) is 8.55. The summed E-state index contributed by atoms with van der Waals surface area (Å²) in [4.78, 5) is 2.42. The van der Waals surface area contributed by atoms with Crippen LogP contribution in [0.4, 0.5) is 0 Å². The lowest BCUT2D eigenvalue weighted by Gasteiger charge is -2.43. The molecule has 0 spiro atoms. The third kappa shape index (κ3) is 2.57. The Labute approximate surface area is 141 Å². The van der Waals surface area contributed by atoms with Gasteiger partial charge < -0.3 is 10.3 Å². The molecule has 3 fully saturated rings. The van der Waals surface area contributed by atoms with Crippen molar-refractivity contribution < 1.29 is 10.3 Å². The lowest BCUT2D eigenvalue weighted by Crippen LogP contribution is -2.51. The number of halogens is 1. The number of nitrogens with zero attached hydrogens (tertiary/aromatic N) is 2. The first-order valence-corrected chi connectivity index (χ1v) is 8.93. The van der Waals surface area contributed by atoms with Gasteiger partial charge in [-0.2, -0.15) is 0 Å². The molecule has 23 heavy (non-hydrogen) atoms. The third-order valence-corrected chi connectivity index (χ3v) is 6.41. The monoisotopic (exact) mass is 334 g/mol. The van der Waals surface area contributed by atoms with Crippen LogP contribution >= 0.6 is 11.6 Å². The van der Waals surface area contributed by atoms with Gasteiger partial charge in [-0.25, -0.2) is 0 Å². The van der Waals surface area contributed by atoms with E-state index in [4.69, 9.17) is 11.6 Å². The Bertz CT molecular complexity index is 608. The van der Waals surface area contributed by atoms with Crippen LogP contribution in [-0.2, 0) is 5.60 Å². The van der Waals surface area contributed by atoms with Crippen LogP contribution in [0.3, 0.4) is 0 Å². The predicted molar refractivity (Wildman–Crippen MR) is 90.0 cm³/mol. The van der Waals surface area contributed by atoms with Gasteiger partial charge in [0, 0.05) is 24.0 Å². The smallest absolute Gasteiger partial charge is 0.0920 e. The van der Waals surface area contributed by atoms with E-state index in [1.54, 1.807) is 0 Å². The van der Waals surface area contributed by atoms with Crippen molar-refractivity contribution in [2.75, 3.05) is 13.1 Å². The fourth-order valence-electron chi connectivity index (χ4n) is 4.90. The summed E-state index contributed by atoms with van der Waals surface area (Å²) < 4.78 is 0. The SMILES string of the molecule is O/N=C1\[C@H]2CC[C@@H](C2)[C@H]1N1CCC(O)(c2ccc(Cl)cc2)CC1. The van der Waals surface area contributed by atoms with Crippen molar-refractivity contribution in [2.45, 2.75) is 43.7 Å². The summed E-state index contributed by atoms with van der Waals surface area (Å²) in [7, 11) is 0. The van der Waals surface area contributed by atoms with E-state index in [2.05, 4.69) is 10.1 Å². The first-order chi connectivity index (χ1) is 11.1. The number of piperidine rings is 1. The number of rotatable bonds is 2. The van der Waals surface area contributed by atoms with Gasteiger partial charge in [0.05, 0.1) is 17.4 Å². The van der Waals surface area contributed by atoms with E-state index in [0.717, 1.165) is 24.4 Å². The Morgan fingerprint density at radius 2 is 1.83 bits per heavy atom. The molecule has 1 aromatic rings. The van der Waals surface area contributed by atoms with Crippen LogP contribution in [-0.4, -0.2) is 40.1 Å². The molecule has 124 valence electrons. The lowest BCUT2D eigenvalue weighted by atomic mass is 9.82. The molecular formula is C18H23ClN2O2. The Balaban J connectivity index is 1.48. The van der Waals surface area contributed by atoms with Crippen LogP contribution < -0.4 is 0 Å². The highest BCUT2D eigenvalue weighted by Gasteiger charge is 2.49. The van der Waals surface area contributed by atoms with Gasteiger partial charge >= 0.3 is 0 Å². The van der Waals surface area contributed by atoms with E-state index in [1.165, 1.54) is 19.3 Å². The summed E-state index contributed by atoms with van der Waals surface area (Å²) in [5, 5.41) is 24.7. The molecule has 0 aromatic heterocycles. The number of hydrogen-bond donors (Lipinski definition) is 2. The maximum Gasteiger partial charge on any atom is 0.0920 e. The topological polar surface area (TPSA) is 56.1 Å². The fraction of sp³-hybridized carbons (Fsp3) is 0.611. The number of likely N-dealkylation sites (tertiary alicyclic amines) is 1. The molecule has 0 radical (unpaired) electrons. The van der Waals surface area contributed by atoms with Gasteiger partial charge in [0.2, 0.25) is 0 Å². The molecule has 0 amide bonds. The van der Waals surface area contributed by atoms with Crippen LogP contribution in [0.15, 0.2) is 29.4 Å². The second-order valence-corrected chi connectivity index (χ2v) is 7.75. The van der Waals surface area contributed by atoms with Crippen molar-refractivity contribution in [1.82, 2.24) is 4.90 Å². The second kappa shape index (κ2) is 5.76. The molecule has 2 bridgehead atoms. The van der Waals surface area contributed by atoms with Gasteiger partial charge in [0.1, 0.15) is 0 Å². The zero-order valence-corrected chi connectivity index (χ0v) is 13.9. The van der Waals surface area contributed by atoms with Crippen molar-refractivity contribution in [3.8, 4) is 0 Å². The van der Waals surface area contributed by atoms with Gasteiger partial charge in [-0.15, -0.1) is 0 Å². The van der Waals surface area contributed by atoms with Gasteiger partial charge in [-0.05, 0) is 55.7 Å². The first kappa shape index (κ1) is 15.4. The van der Waals surface area contributed by atoms with Crippen molar-refractivity contribution in [3.05, 3.63) is 34.9 Å². The molecule has 0 unspecified atom stereocenters. The number of benzene rings is 1. The van der Waals surface area contributed by atoms with Crippen LogP contribution in [0.1, 0.15) is 37.7 Å². The molecule has 2 N–H and O–H groups in total. The van der Waals surface area contributed by atoms with E-state index in [-0.39, 0.29) is 6.04 Å². The van der Waals surface area contributed by atoms with Crippen molar-refractivity contribution in [3.63, 3.8) is 0 Å². The summed E-state index contributed by atoms with van der Waals surface area (Å²) in [6.07, 6.45) is 5.00. The molecule has 1 aliphatic heterocycles. The minimum atomic E-state index is -0.769. The summed E-state index contributed by atoms with van der Waals surface area (Å²) in [5.41, 5.74) is 1.17. The quantitative estimate of drug-likeness (QED) is 0.645. The molecule has 4 rings (SSSR count). The van der Waals surface area contributed by atoms with Gasteiger partial charge in [-0.1, -0.05) is 28.9 Å². The molecule has 3 atom stereocenters. The number of aliphatic hydroxyl groups is 1. The number of oxime groups is 1. The van der Waals surface area contributed by atoms with E-state index in [0.29, 0.717) is 29.7 Å². The largest absolute Gasteiger partial charge is 0.411 e. The molecule has 2 aliphatic carbocycles. The number of hydrogen-bond acceptors (Lipinski definition) is 4. The molecule has 2 saturated carbocycles. The predicted octanol–water partition coefficient (Wildman–Crippen LogP) is 3.25. The molecule has 1 saturated heterocycles. The highest BCUT2D eigenvalue weighted by molar-refractivity contribution is 6.30. The molecule has 3 aliphatic rings. The maximum absolute atomic E-state index is 11.0. The summed E-state index contributed by atoms with van der Waals surface area (Å²) >= 11 is 5.95. The Morgan fingerprint density at radius 3 is 2.48 bits per heavy atom. The van der Waals surface area contributed by atoms with Gasteiger partial charge in [-0.3, -0.25) is 4.90 Å². The van der Waals surface area contributed by atoms with Crippen LogP contribution in [0, 0.1) is 11.8 Å². The van der Waals surface area contributed by atoms with Crippen molar-refractivity contribution in [2.24, 2.45) is 17.0 Å². The van der Waals surface area contributed by atoms with Crippen LogP contribution in [0.2, 0.25) is 5.02 Å². The standard InChI is InChI=1S/C18H23ClN2O2/c19-15-5-3-14(4-6-15)18(22)7-9-21(10-8-18)17-13-2-1-12(11-13)16(17)20-23/h3-6,12-13,17,22-23H,1-2,7-11H2/b20-16+/t12-,13-,17+/m0/s1. The maximum atomic E-state index is 11.0. The normalized spacial score (nSPS) is 35.0. The van der Waals surface area contributed by atoms with E-state index in [9.17, 15) is 10.3 Å². The molecule has 5 heteroatoms. The van der Waals surface area contributed by atoms with Crippen molar-refractivity contribution in [1.29, 1.82) is 0 Å². The van der Waals surface area contributed by atoms with Crippen molar-refractivity contribution >= 4 is 17.3 Å². The highest BCUT2D eigenvalue weighted by Crippen LogP contribution is 2.46. The fourth-order valence-corrected chi connectivity index (χ4v) is 5.03. The van der Waals surface area contributed by atoms with Gasteiger partial charge in [0.15, 0.2) is 0 Å². The average molecular weight is 335 g/mol. The summed E-state index contributed by atoms with van der Waals surface area (Å²) in [6, 6.07) is 7.82. The Hall–Kier alpha value is -1.10. The molecular weight excluding hydrogens is 312 g/mol. The molecule has 1 aromatic carbocycles. The Kier molecular flexibility index (Phi) is 3.87. The second-order valence-electron chi connectivity index (χ2n) is 7.31. The third-order valence-electron chi connectivity index (χ3n) is 6.16. The summed E-state index contributed by atoms with van der Waals surface area (Å²) in [6.45, 7) is 1.68. The highest BCUT2D eigenvalue weighted by atomic mass is 35.5.